The first-order chi connectivity index (χ1) is 20.3. The number of amides is 1. The first-order valence-electron chi connectivity index (χ1n) is 13.6. The smallest absolute Gasteiger partial charge is 0.407 e. The quantitative estimate of drug-likeness (QED) is 0.199. The Kier molecular flexibility index (Phi) is 8.38. The van der Waals surface area contributed by atoms with Gasteiger partial charge in [0.15, 0.2) is 0 Å². The van der Waals surface area contributed by atoms with Gasteiger partial charge in [-0.2, -0.15) is 0 Å². The molecule has 1 amide bonds. The van der Waals surface area contributed by atoms with Crippen molar-refractivity contribution in [2.45, 2.75) is 33.0 Å². The average Bonchev–Trinajstić information content (AvgIpc) is 3.31. The van der Waals surface area contributed by atoms with Gasteiger partial charge in [0.1, 0.15) is 18.0 Å². The molecule has 0 saturated carbocycles. The number of fused-ring (bicyclic) bond motifs is 3. The number of likely N-dealkylation sites (N-methyl/N-ethyl adjacent to an activating group) is 1. The molecule has 2 aromatic carbocycles. The zero-order valence-electron chi connectivity index (χ0n) is 23.9. The van der Waals surface area contributed by atoms with E-state index in [2.05, 4.69) is 32.3 Å². The van der Waals surface area contributed by atoms with Gasteiger partial charge in [-0.25, -0.2) is 14.8 Å². The van der Waals surface area contributed by atoms with Crippen LogP contribution in [0.3, 0.4) is 0 Å². The standard InChI is InChI=1S/C29H33N7O6/c1-18(2)31-29(37)42-14-11-34(3)23-16-26(40-4)21(15-24(23)36(38)39)33-28-30-10-9-20(32-28)27-19-7-5-6-8-22(19)35-12-13-41-17-25(27)35/h5-10,15-16,18H,11-14,17H2,1-4H3,(H,31,37)(H,30,32,33). The molecule has 13 heteroatoms. The number of nitrogens with one attached hydrogen (secondary N) is 2. The number of aromatic nitrogens is 3. The van der Waals surface area contributed by atoms with Gasteiger partial charge in [-0.05, 0) is 26.0 Å². The summed E-state index contributed by atoms with van der Waals surface area (Å²) in [5, 5.41) is 18.9. The molecule has 1 aliphatic rings. The summed E-state index contributed by atoms with van der Waals surface area (Å²) in [5.74, 6) is 0.613. The second-order valence-corrected chi connectivity index (χ2v) is 10.1. The van der Waals surface area contributed by atoms with Crippen LogP contribution in [0.5, 0.6) is 5.75 Å². The molecule has 2 N–H and O–H groups in total. The maximum absolute atomic E-state index is 12.1. The minimum absolute atomic E-state index is 0.0403. The number of anilines is 3. The molecular weight excluding hydrogens is 542 g/mol. The lowest BCUT2D eigenvalue weighted by Crippen LogP contribution is -2.33. The normalized spacial score (nSPS) is 12.6. The van der Waals surface area contributed by atoms with Crippen LogP contribution >= 0.6 is 0 Å². The Morgan fingerprint density at radius 2 is 2.07 bits per heavy atom. The minimum atomic E-state index is -0.548. The molecule has 0 fully saturated rings. The Balaban J connectivity index is 1.43. The van der Waals surface area contributed by atoms with Gasteiger partial charge in [0, 0.05) is 54.4 Å². The van der Waals surface area contributed by atoms with Crippen LogP contribution in [0.25, 0.3) is 22.2 Å². The Morgan fingerprint density at radius 1 is 1.26 bits per heavy atom. The van der Waals surface area contributed by atoms with Gasteiger partial charge in [-0.1, -0.05) is 18.2 Å². The molecule has 3 heterocycles. The predicted octanol–water partition coefficient (Wildman–Crippen LogP) is 4.86. The number of nitro benzene ring substituents is 1. The lowest BCUT2D eigenvalue weighted by molar-refractivity contribution is -0.384. The van der Waals surface area contributed by atoms with E-state index < -0.39 is 11.0 Å². The lowest BCUT2D eigenvalue weighted by atomic mass is 10.1. The molecule has 0 atom stereocenters. The van der Waals surface area contributed by atoms with E-state index in [1.54, 1.807) is 24.2 Å². The first kappa shape index (κ1) is 28.6. The molecule has 2 aromatic heterocycles. The van der Waals surface area contributed by atoms with Crippen molar-refractivity contribution in [3.05, 3.63) is 64.5 Å². The second-order valence-electron chi connectivity index (χ2n) is 10.1. The van der Waals surface area contributed by atoms with Gasteiger partial charge in [-0.15, -0.1) is 0 Å². The van der Waals surface area contributed by atoms with E-state index in [4.69, 9.17) is 19.2 Å². The lowest BCUT2D eigenvalue weighted by Gasteiger charge is -2.21. The number of para-hydroxylation sites is 1. The molecule has 13 nitrogen and oxygen atoms in total. The summed E-state index contributed by atoms with van der Waals surface area (Å²) < 4.78 is 18.8. The van der Waals surface area contributed by atoms with Crippen LogP contribution in [0.15, 0.2) is 48.7 Å². The fourth-order valence-electron chi connectivity index (χ4n) is 5.00. The highest BCUT2D eigenvalue weighted by atomic mass is 16.6. The highest BCUT2D eigenvalue weighted by Gasteiger charge is 2.24. The SMILES string of the molecule is COc1cc(N(C)CCOC(=O)NC(C)C)c([N+](=O)[O-])cc1Nc1nccc(-c2c3n(c4ccccc24)CCOC3)n1. The molecule has 0 saturated heterocycles. The number of methoxy groups -OCH3 is 1. The fourth-order valence-corrected chi connectivity index (χ4v) is 5.00. The first-order valence-corrected chi connectivity index (χ1v) is 13.6. The summed E-state index contributed by atoms with van der Waals surface area (Å²) in [5.41, 5.74) is 4.30. The van der Waals surface area contributed by atoms with Crippen molar-refractivity contribution in [2.75, 3.05) is 44.1 Å². The molecule has 42 heavy (non-hydrogen) atoms. The molecule has 0 unspecified atom stereocenters. The van der Waals surface area contributed by atoms with E-state index in [1.807, 2.05) is 32.0 Å². The minimum Gasteiger partial charge on any atom is -0.494 e. The van der Waals surface area contributed by atoms with Gasteiger partial charge in [0.25, 0.3) is 5.69 Å². The van der Waals surface area contributed by atoms with Crippen molar-refractivity contribution in [3.8, 4) is 17.0 Å². The highest BCUT2D eigenvalue weighted by Crippen LogP contribution is 2.40. The zero-order valence-corrected chi connectivity index (χ0v) is 23.9. The maximum Gasteiger partial charge on any atom is 0.407 e. The molecule has 0 spiro atoms. The van der Waals surface area contributed by atoms with Crippen molar-refractivity contribution in [3.63, 3.8) is 0 Å². The summed E-state index contributed by atoms with van der Waals surface area (Å²) in [6.45, 7) is 5.79. The van der Waals surface area contributed by atoms with E-state index in [9.17, 15) is 14.9 Å². The highest BCUT2D eigenvalue weighted by molar-refractivity contribution is 5.97. The average molecular weight is 576 g/mol. The second kappa shape index (κ2) is 12.3. The number of nitrogens with zero attached hydrogens (tertiary/aromatic N) is 5. The van der Waals surface area contributed by atoms with Gasteiger partial charge >= 0.3 is 6.09 Å². The topological polar surface area (TPSA) is 146 Å². The predicted molar refractivity (Wildman–Crippen MR) is 158 cm³/mol. The molecule has 0 bridgehead atoms. The number of carbonyl (C=O) groups excluding carboxylic acids is 1. The molecule has 1 aliphatic heterocycles. The molecule has 0 radical (unpaired) electrons. The van der Waals surface area contributed by atoms with Crippen molar-refractivity contribution in [1.82, 2.24) is 19.9 Å². The van der Waals surface area contributed by atoms with Crippen molar-refractivity contribution < 1.29 is 23.9 Å². The van der Waals surface area contributed by atoms with E-state index in [1.165, 1.54) is 13.2 Å². The number of benzene rings is 2. The van der Waals surface area contributed by atoms with E-state index in [-0.39, 0.29) is 30.8 Å². The third-order valence-corrected chi connectivity index (χ3v) is 6.91. The van der Waals surface area contributed by atoms with Crippen molar-refractivity contribution in [2.24, 2.45) is 0 Å². The van der Waals surface area contributed by atoms with Gasteiger partial charge in [0.05, 0.1) is 48.9 Å². The molecule has 220 valence electrons. The number of nitro groups is 1. The van der Waals surface area contributed by atoms with Crippen molar-refractivity contribution in [1.29, 1.82) is 0 Å². The number of carbonyl (C=O) groups is 1. The molecular formula is C29H33N7O6. The molecule has 5 rings (SSSR count). The summed E-state index contributed by atoms with van der Waals surface area (Å²) in [7, 11) is 3.16. The van der Waals surface area contributed by atoms with Gasteiger partial charge < -0.3 is 34.3 Å². The summed E-state index contributed by atoms with van der Waals surface area (Å²) >= 11 is 0. The third-order valence-electron chi connectivity index (χ3n) is 6.91. The third kappa shape index (κ3) is 5.91. The Bertz CT molecular complexity index is 1620. The van der Waals surface area contributed by atoms with Crippen LogP contribution in [0.4, 0.5) is 27.8 Å². The number of hydrogen-bond acceptors (Lipinski definition) is 10. The fraction of sp³-hybridized carbons (Fsp3) is 0.345. The van der Waals surface area contributed by atoms with E-state index >= 15 is 0 Å². The van der Waals surface area contributed by atoms with Gasteiger partial charge in [0.2, 0.25) is 5.95 Å². The van der Waals surface area contributed by atoms with E-state index in [0.29, 0.717) is 36.0 Å². The van der Waals surface area contributed by atoms with Crippen LogP contribution in [0.1, 0.15) is 19.5 Å². The number of hydrogen-bond donors (Lipinski definition) is 2. The van der Waals surface area contributed by atoms with Crippen LogP contribution in [0, 0.1) is 10.1 Å². The van der Waals surface area contributed by atoms with Crippen molar-refractivity contribution >= 4 is 40.0 Å². The summed E-state index contributed by atoms with van der Waals surface area (Å²) in [4.78, 5) is 34.2. The summed E-state index contributed by atoms with van der Waals surface area (Å²) in [6, 6.07) is 12.9. The Labute approximate surface area is 242 Å². The summed E-state index contributed by atoms with van der Waals surface area (Å²) in [6.07, 6.45) is 1.10. The number of ether oxygens (including phenoxy) is 3. The number of alkyl carbamates (subject to hydrolysis) is 1. The monoisotopic (exact) mass is 575 g/mol. The molecule has 0 aliphatic carbocycles. The Morgan fingerprint density at radius 3 is 2.83 bits per heavy atom. The van der Waals surface area contributed by atoms with Crippen LogP contribution in [-0.2, 0) is 22.6 Å². The van der Waals surface area contributed by atoms with Crippen LogP contribution in [-0.4, -0.2) is 65.5 Å². The largest absolute Gasteiger partial charge is 0.494 e. The van der Waals surface area contributed by atoms with Crippen LogP contribution < -0.4 is 20.3 Å². The number of rotatable bonds is 10. The Hall–Kier alpha value is -4.91. The maximum atomic E-state index is 12.1. The zero-order chi connectivity index (χ0) is 29.8. The van der Waals surface area contributed by atoms with E-state index in [0.717, 1.165) is 28.7 Å². The van der Waals surface area contributed by atoms with Crippen LogP contribution in [0.2, 0.25) is 0 Å². The molecule has 4 aromatic rings. The van der Waals surface area contributed by atoms with Gasteiger partial charge in [-0.3, -0.25) is 10.1 Å².